The summed E-state index contributed by atoms with van der Waals surface area (Å²) in [6.07, 6.45) is 0. The molecule has 0 aliphatic carbocycles. The second-order valence-electron chi connectivity index (χ2n) is 4.21. The van der Waals surface area contributed by atoms with Gasteiger partial charge in [-0.05, 0) is 23.8 Å². The number of methoxy groups -OCH3 is 1. The van der Waals surface area contributed by atoms with Crippen LogP contribution in [-0.2, 0) is 10.5 Å². The molecule has 0 spiro atoms. The van der Waals surface area contributed by atoms with E-state index in [1.54, 1.807) is 24.9 Å². The minimum atomic E-state index is -0.250. The molecule has 0 radical (unpaired) electrons. The first-order valence-electron chi connectivity index (χ1n) is 6.37. The molecule has 0 bridgehead atoms. The first-order chi connectivity index (χ1) is 9.79. The van der Waals surface area contributed by atoms with Crippen LogP contribution in [-0.4, -0.2) is 20.3 Å². The number of hydrogen-bond donors (Lipinski definition) is 0. The van der Waals surface area contributed by atoms with Gasteiger partial charge in [-0.25, -0.2) is 4.39 Å². The number of rotatable bonds is 7. The zero-order valence-electron chi connectivity index (χ0n) is 11.3. The SMILES string of the molecule is COCCOc1ccc(F)cc1SCc1ccccc1. The van der Waals surface area contributed by atoms with Crippen LogP contribution in [0.2, 0.25) is 0 Å². The lowest BCUT2D eigenvalue weighted by atomic mass is 10.2. The normalized spacial score (nSPS) is 10.5. The van der Waals surface area contributed by atoms with E-state index in [4.69, 9.17) is 9.47 Å². The predicted octanol–water partition coefficient (Wildman–Crippen LogP) is 4.14. The highest BCUT2D eigenvalue weighted by Crippen LogP contribution is 2.32. The molecule has 0 atom stereocenters. The van der Waals surface area contributed by atoms with Crippen LogP contribution < -0.4 is 4.74 Å². The van der Waals surface area contributed by atoms with Crippen LogP contribution in [0.25, 0.3) is 0 Å². The highest BCUT2D eigenvalue weighted by molar-refractivity contribution is 7.98. The molecule has 0 saturated heterocycles. The van der Waals surface area contributed by atoms with E-state index in [2.05, 4.69) is 12.1 Å². The molecular formula is C16H17FO2S. The van der Waals surface area contributed by atoms with Gasteiger partial charge in [-0.1, -0.05) is 30.3 Å². The van der Waals surface area contributed by atoms with Crippen molar-refractivity contribution in [3.8, 4) is 5.75 Å². The smallest absolute Gasteiger partial charge is 0.133 e. The third kappa shape index (κ3) is 4.54. The van der Waals surface area contributed by atoms with Crippen molar-refractivity contribution < 1.29 is 13.9 Å². The molecule has 0 aliphatic rings. The molecule has 2 nitrogen and oxygen atoms in total. The predicted molar refractivity (Wildman–Crippen MR) is 79.8 cm³/mol. The summed E-state index contributed by atoms with van der Waals surface area (Å²) in [5, 5.41) is 0. The van der Waals surface area contributed by atoms with E-state index in [-0.39, 0.29) is 5.82 Å². The lowest BCUT2D eigenvalue weighted by Crippen LogP contribution is -2.05. The molecule has 0 heterocycles. The van der Waals surface area contributed by atoms with Gasteiger partial charge in [-0.15, -0.1) is 11.8 Å². The Bertz CT molecular complexity index is 531. The number of halogens is 1. The molecule has 0 amide bonds. The van der Waals surface area contributed by atoms with Gasteiger partial charge in [0.05, 0.1) is 11.5 Å². The van der Waals surface area contributed by atoms with Crippen LogP contribution in [0.15, 0.2) is 53.4 Å². The van der Waals surface area contributed by atoms with Crippen LogP contribution >= 0.6 is 11.8 Å². The summed E-state index contributed by atoms with van der Waals surface area (Å²) in [4.78, 5) is 0.810. The summed E-state index contributed by atoms with van der Waals surface area (Å²) in [5.41, 5.74) is 1.20. The lowest BCUT2D eigenvalue weighted by Gasteiger charge is -2.11. The van der Waals surface area contributed by atoms with Crippen LogP contribution in [0.5, 0.6) is 5.75 Å². The van der Waals surface area contributed by atoms with Gasteiger partial charge in [-0.2, -0.15) is 0 Å². The Morgan fingerprint density at radius 3 is 2.60 bits per heavy atom. The number of ether oxygens (including phenoxy) is 2. The number of hydrogen-bond acceptors (Lipinski definition) is 3. The van der Waals surface area contributed by atoms with Crippen LogP contribution in [0, 0.1) is 5.82 Å². The van der Waals surface area contributed by atoms with E-state index in [0.717, 1.165) is 10.6 Å². The van der Waals surface area contributed by atoms with Crippen molar-refractivity contribution in [3.05, 3.63) is 59.9 Å². The van der Waals surface area contributed by atoms with Gasteiger partial charge < -0.3 is 9.47 Å². The summed E-state index contributed by atoms with van der Waals surface area (Å²) in [6, 6.07) is 14.7. The molecule has 2 aromatic rings. The van der Waals surface area contributed by atoms with Gasteiger partial charge in [0.1, 0.15) is 18.2 Å². The van der Waals surface area contributed by atoms with E-state index in [9.17, 15) is 4.39 Å². The molecule has 2 rings (SSSR count). The zero-order valence-corrected chi connectivity index (χ0v) is 12.2. The van der Waals surface area contributed by atoms with Gasteiger partial charge in [0, 0.05) is 12.9 Å². The summed E-state index contributed by atoms with van der Waals surface area (Å²) >= 11 is 1.57. The summed E-state index contributed by atoms with van der Waals surface area (Å²) in [5.74, 6) is 1.23. The fraction of sp³-hybridized carbons (Fsp3) is 0.250. The molecule has 2 aromatic carbocycles. The van der Waals surface area contributed by atoms with E-state index in [1.807, 2.05) is 18.2 Å². The molecule has 0 fully saturated rings. The first-order valence-corrected chi connectivity index (χ1v) is 7.36. The quantitative estimate of drug-likeness (QED) is 0.564. The lowest BCUT2D eigenvalue weighted by molar-refractivity contribution is 0.144. The maximum absolute atomic E-state index is 13.4. The Hall–Kier alpha value is -1.52. The Labute approximate surface area is 122 Å². The van der Waals surface area contributed by atoms with Crippen molar-refractivity contribution in [2.75, 3.05) is 20.3 Å². The summed E-state index contributed by atoms with van der Waals surface area (Å²) in [6.45, 7) is 0.973. The Morgan fingerprint density at radius 2 is 1.85 bits per heavy atom. The fourth-order valence-electron chi connectivity index (χ4n) is 1.68. The van der Waals surface area contributed by atoms with Gasteiger partial charge in [-0.3, -0.25) is 0 Å². The molecule has 20 heavy (non-hydrogen) atoms. The highest BCUT2D eigenvalue weighted by atomic mass is 32.2. The average molecular weight is 292 g/mol. The largest absolute Gasteiger partial charge is 0.490 e. The highest BCUT2D eigenvalue weighted by Gasteiger charge is 2.07. The zero-order chi connectivity index (χ0) is 14.2. The third-order valence-electron chi connectivity index (χ3n) is 2.69. The summed E-state index contributed by atoms with van der Waals surface area (Å²) in [7, 11) is 1.62. The van der Waals surface area contributed by atoms with Crippen LogP contribution in [0.1, 0.15) is 5.56 Å². The Kier molecular flexibility index (Phi) is 5.89. The van der Waals surface area contributed by atoms with Gasteiger partial charge in [0.2, 0.25) is 0 Å². The standard InChI is InChI=1S/C16H17FO2S/c1-18-9-10-19-15-8-7-14(17)11-16(15)20-12-13-5-3-2-4-6-13/h2-8,11H,9-10,12H2,1H3. The maximum atomic E-state index is 13.4. The molecule has 106 valence electrons. The van der Waals surface area contributed by atoms with Crippen molar-refractivity contribution >= 4 is 11.8 Å². The average Bonchev–Trinajstić information content (AvgIpc) is 2.48. The van der Waals surface area contributed by atoms with E-state index in [0.29, 0.717) is 19.0 Å². The minimum Gasteiger partial charge on any atom is -0.490 e. The Morgan fingerprint density at radius 1 is 1.05 bits per heavy atom. The molecule has 0 aromatic heterocycles. The van der Waals surface area contributed by atoms with Gasteiger partial charge in [0.15, 0.2) is 0 Å². The van der Waals surface area contributed by atoms with E-state index >= 15 is 0 Å². The molecule has 0 aliphatic heterocycles. The molecule has 4 heteroatoms. The first kappa shape index (κ1) is 14.9. The van der Waals surface area contributed by atoms with Crippen molar-refractivity contribution in [2.24, 2.45) is 0 Å². The van der Waals surface area contributed by atoms with Gasteiger partial charge >= 0.3 is 0 Å². The minimum absolute atomic E-state index is 0.250. The molecular weight excluding hydrogens is 275 g/mol. The molecule has 0 unspecified atom stereocenters. The molecule has 0 N–H and O–H groups in total. The topological polar surface area (TPSA) is 18.5 Å². The van der Waals surface area contributed by atoms with Crippen LogP contribution in [0.4, 0.5) is 4.39 Å². The van der Waals surface area contributed by atoms with Crippen LogP contribution in [0.3, 0.4) is 0 Å². The van der Waals surface area contributed by atoms with Crippen molar-refractivity contribution in [3.63, 3.8) is 0 Å². The van der Waals surface area contributed by atoms with E-state index < -0.39 is 0 Å². The second-order valence-corrected chi connectivity index (χ2v) is 5.22. The van der Waals surface area contributed by atoms with Crippen molar-refractivity contribution in [1.82, 2.24) is 0 Å². The van der Waals surface area contributed by atoms with Crippen molar-refractivity contribution in [2.45, 2.75) is 10.6 Å². The molecule has 0 saturated carbocycles. The monoisotopic (exact) mass is 292 g/mol. The van der Waals surface area contributed by atoms with Gasteiger partial charge in [0.25, 0.3) is 0 Å². The number of benzene rings is 2. The van der Waals surface area contributed by atoms with E-state index in [1.165, 1.54) is 17.7 Å². The maximum Gasteiger partial charge on any atom is 0.133 e. The fourth-order valence-corrected chi connectivity index (χ4v) is 2.66. The van der Waals surface area contributed by atoms with Crippen molar-refractivity contribution in [1.29, 1.82) is 0 Å². The summed E-state index contributed by atoms with van der Waals surface area (Å²) < 4.78 is 23.9. The number of thioether (sulfide) groups is 1. The Balaban J connectivity index is 2.03. The third-order valence-corrected chi connectivity index (χ3v) is 3.80. The second kappa shape index (κ2) is 7.92.